The Bertz CT molecular complexity index is 861. The molecule has 11 N–H and O–H groups in total. The van der Waals surface area contributed by atoms with E-state index in [1.807, 2.05) is 0 Å². The summed E-state index contributed by atoms with van der Waals surface area (Å²) in [7, 11) is -4.93. The summed E-state index contributed by atoms with van der Waals surface area (Å²) in [5.74, 6) is 0. The predicted molar refractivity (Wildman–Crippen MR) is 112 cm³/mol. The zero-order valence-electron chi connectivity index (χ0n) is 19.4. The summed E-state index contributed by atoms with van der Waals surface area (Å²) < 4.78 is 60.4. The van der Waals surface area contributed by atoms with Crippen LogP contribution in [0.15, 0.2) is 0 Å². The third-order valence-corrected chi connectivity index (χ3v) is 6.69. The number of aliphatic hydroxyl groups excluding tert-OH is 10. The van der Waals surface area contributed by atoms with Gasteiger partial charge in [0, 0.05) is 0 Å². The van der Waals surface area contributed by atoms with Gasteiger partial charge in [-0.25, -0.2) is 4.18 Å². The van der Waals surface area contributed by atoms with Gasteiger partial charge in [0.1, 0.15) is 73.2 Å². The van der Waals surface area contributed by atoms with Gasteiger partial charge in [-0.15, -0.1) is 0 Å². The lowest BCUT2D eigenvalue weighted by atomic mass is 9.98. The van der Waals surface area contributed by atoms with E-state index in [-0.39, 0.29) is 0 Å². The molecule has 0 radical (unpaired) electrons. The Morgan fingerprint density at radius 2 is 0.868 bits per heavy atom. The van der Waals surface area contributed by atoms with E-state index in [0.29, 0.717) is 0 Å². The van der Waals surface area contributed by atoms with E-state index < -0.39 is 122 Å². The highest BCUT2D eigenvalue weighted by Crippen LogP contribution is 2.27. The van der Waals surface area contributed by atoms with Crippen molar-refractivity contribution in [3.05, 3.63) is 0 Å². The van der Waals surface area contributed by atoms with Crippen molar-refractivity contribution in [3.63, 3.8) is 0 Å². The molecule has 0 aromatic rings. The maximum absolute atomic E-state index is 10.8. The van der Waals surface area contributed by atoms with E-state index in [1.165, 1.54) is 0 Å². The SMILES string of the molecule is O=S(=O)(O)OC[C@H]1O[C@H](OC[C@H]2O[C@H](OC[C@H]3OC(O)[C@H](O)[C@@H](O)[C@@H]3O)[C@H](O)[C@@H](O)[C@@H]2O)[C@H](O)[C@@H](O)[C@@H]1O. The fourth-order valence-electron chi connectivity index (χ4n) is 3.98. The van der Waals surface area contributed by atoms with Gasteiger partial charge in [-0.1, -0.05) is 0 Å². The topological polar surface area (TPSA) is 312 Å². The van der Waals surface area contributed by atoms with Crippen LogP contribution in [0, 0.1) is 0 Å². The Morgan fingerprint density at radius 1 is 0.500 bits per heavy atom. The van der Waals surface area contributed by atoms with Crippen molar-refractivity contribution in [1.82, 2.24) is 0 Å². The summed E-state index contributed by atoms with van der Waals surface area (Å²) in [6.45, 7) is -2.31. The molecule has 3 saturated heterocycles. The molecule has 0 amide bonds. The lowest BCUT2D eigenvalue weighted by Gasteiger charge is -2.43. The second-order valence-electron chi connectivity index (χ2n) is 8.95. The second-order valence-corrected chi connectivity index (χ2v) is 10.0. The lowest BCUT2D eigenvalue weighted by molar-refractivity contribution is -0.340. The van der Waals surface area contributed by atoms with Crippen molar-refractivity contribution in [2.75, 3.05) is 19.8 Å². The maximum atomic E-state index is 10.8. The summed E-state index contributed by atoms with van der Waals surface area (Å²) in [6, 6.07) is 0. The smallest absolute Gasteiger partial charge is 0.387 e. The van der Waals surface area contributed by atoms with Crippen LogP contribution in [0.4, 0.5) is 0 Å². The van der Waals surface area contributed by atoms with Crippen LogP contribution in [0.5, 0.6) is 0 Å². The van der Waals surface area contributed by atoms with Crippen LogP contribution in [0.25, 0.3) is 0 Å². The fraction of sp³-hybridized carbons (Fsp3) is 1.00. The van der Waals surface area contributed by atoms with Crippen molar-refractivity contribution < 1.29 is 91.9 Å². The molecule has 0 aromatic carbocycles. The molecule has 224 valence electrons. The minimum atomic E-state index is -4.93. The van der Waals surface area contributed by atoms with Gasteiger partial charge in [0.05, 0.1) is 19.8 Å². The predicted octanol–water partition coefficient (Wildman–Crippen LogP) is -7.75. The van der Waals surface area contributed by atoms with E-state index in [4.69, 9.17) is 28.2 Å². The Labute approximate surface area is 214 Å². The summed E-state index contributed by atoms with van der Waals surface area (Å²) in [6.07, 6.45) is -26.3. The van der Waals surface area contributed by atoms with E-state index in [0.717, 1.165) is 0 Å². The largest absolute Gasteiger partial charge is 0.397 e. The van der Waals surface area contributed by atoms with Crippen LogP contribution < -0.4 is 0 Å². The van der Waals surface area contributed by atoms with Crippen LogP contribution in [0.1, 0.15) is 0 Å². The first kappa shape index (κ1) is 31.8. The first-order valence-corrected chi connectivity index (χ1v) is 12.6. The van der Waals surface area contributed by atoms with Crippen molar-refractivity contribution >= 4 is 10.4 Å². The molecule has 3 fully saturated rings. The summed E-state index contributed by atoms with van der Waals surface area (Å²) >= 11 is 0. The Morgan fingerprint density at radius 3 is 1.29 bits per heavy atom. The van der Waals surface area contributed by atoms with E-state index >= 15 is 0 Å². The van der Waals surface area contributed by atoms with Gasteiger partial charge < -0.3 is 74.7 Å². The van der Waals surface area contributed by atoms with Gasteiger partial charge in [0.15, 0.2) is 18.9 Å². The zero-order valence-corrected chi connectivity index (χ0v) is 20.2. The zero-order chi connectivity index (χ0) is 28.5. The van der Waals surface area contributed by atoms with E-state index in [9.17, 15) is 59.5 Å². The van der Waals surface area contributed by atoms with E-state index in [2.05, 4.69) is 4.18 Å². The summed E-state index contributed by atoms with van der Waals surface area (Å²) in [5, 5.41) is 99.6. The first-order valence-electron chi connectivity index (χ1n) is 11.2. The standard InChI is InChI=1S/C18H32O19S/c19-7-4(35-16(28)13(25)10(7)22)1-32-17-14(26)11(23)8(20)5(36-17)2-33-18-15(27)12(24)9(21)6(37-18)3-34-38(29,30)31/h4-28H,1-3H2,(H,29,30,31)/t4-,5-,6-,7-,8-,9-,10+,11+,12+,13-,14-,15-,16?,17+,18+/m1/s1. The monoisotopic (exact) mass is 584 g/mol. The van der Waals surface area contributed by atoms with Gasteiger partial charge >= 0.3 is 10.4 Å². The highest BCUT2D eigenvalue weighted by atomic mass is 32.3. The third kappa shape index (κ3) is 7.31. The molecule has 0 saturated carbocycles. The maximum Gasteiger partial charge on any atom is 0.397 e. The van der Waals surface area contributed by atoms with Crippen LogP contribution >= 0.6 is 0 Å². The van der Waals surface area contributed by atoms with E-state index in [1.54, 1.807) is 0 Å². The number of aliphatic hydroxyl groups is 10. The number of ether oxygens (including phenoxy) is 5. The molecular formula is C18H32O19S. The van der Waals surface area contributed by atoms with Crippen LogP contribution in [-0.2, 0) is 38.3 Å². The highest BCUT2D eigenvalue weighted by Gasteiger charge is 2.49. The molecular weight excluding hydrogens is 552 g/mol. The Kier molecular flexibility index (Phi) is 10.7. The number of rotatable bonds is 9. The number of hydrogen-bond donors (Lipinski definition) is 11. The van der Waals surface area contributed by atoms with Crippen molar-refractivity contribution in [3.8, 4) is 0 Å². The highest BCUT2D eigenvalue weighted by molar-refractivity contribution is 7.80. The van der Waals surface area contributed by atoms with Crippen molar-refractivity contribution in [2.24, 2.45) is 0 Å². The normalized spacial score (nSPS) is 48.7. The van der Waals surface area contributed by atoms with Gasteiger partial charge in [-0.2, -0.15) is 8.42 Å². The van der Waals surface area contributed by atoms with Crippen LogP contribution in [0.3, 0.4) is 0 Å². The average molecular weight is 585 g/mol. The molecule has 20 heteroatoms. The molecule has 3 aliphatic heterocycles. The molecule has 0 bridgehead atoms. The molecule has 19 nitrogen and oxygen atoms in total. The lowest BCUT2D eigenvalue weighted by Crippen LogP contribution is -2.62. The molecule has 1 unspecified atom stereocenters. The molecule has 15 atom stereocenters. The molecule has 0 spiro atoms. The third-order valence-electron chi connectivity index (χ3n) is 6.25. The minimum Gasteiger partial charge on any atom is -0.387 e. The van der Waals surface area contributed by atoms with Gasteiger partial charge in [0.25, 0.3) is 0 Å². The van der Waals surface area contributed by atoms with Crippen LogP contribution in [-0.4, -0.2) is 176 Å². The van der Waals surface area contributed by atoms with Gasteiger partial charge in [-0.3, -0.25) is 4.55 Å². The Hall–Kier alpha value is -0.730. The summed E-state index contributed by atoms with van der Waals surface area (Å²) in [5.41, 5.74) is 0. The molecule has 38 heavy (non-hydrogen) atoms. The van der Waals surface area contributed by atoms with Gasteiger partial charge in [0.2, 0.25) is 0 Å². The quantitative estimate of drug-likeness (QED) is 0.112. The molecule has 3 rings (SSSR count). The molecule has 3 aliphatic rings. The first-order chi connectivity index (χ1) is 17.6. The van der Waals surface area contributed by atoms with Crippen molar-refractivity contribution in [1.29, 1.82) is 0 Å². The minimum absolute atomic E-state index is 0.635. The Balaban J connectivity index is 1.59. The molecule has 0 aromatic heterocycles. The van der Waals surface area contributed by atoms with Crippen LogP contribution in [0.2, 0.25) is 0 Å². The number of hydrogen-bond acceptors (Lipinski definition) is 18. The second kappa shape index (κ2) is 12.8. The fourth-order valence-corrected chi connectivity index (χ4v) is 4.29. The molecule has 0 aliphatic carbocycles. The average Bonchev–Trinajstić information content (AvgIpc) is 2.86. The van der Waals surface area contributed by atoms with Crippen molar-refractivity contribution in [2.45, 2.75) is 92.1 Å². The molecule has 3 heterocycles. The summed E-state index contributed by atoms with van der Waals surface area (Å²) in [4.78, 5) is 0. The van der Waals surface area contributed by atoms with Gasteiger partial charge in [-0.05, 0) is 0 Å².